The second kappa shape index (κ2) is 5.81. The molecule has 0 fully saturated rings. The lowest BCUT2D eigenvalue weighted by atomic mass is 10.2. The van der Waals surface area contributed by atoms with Crippen LogP contribution < -0.4 is 0 Å². The molecule has 0 aliphatic heterocycles. The molecular weight excluding hydrogens is 347 g/mol. The average Bonchev–Trinajstić information content (AvgIpc) is 3.01. The Morgan fingerprint density at radius 2 is 1.90 bits per heavy atom. The van der Waals surface area contributed by atoms with Gasteiger partial charge in [-0.3, -0.25) is 0 Å². The third-order valence-electron chi connectivity index (χ3n) is 3.43. The molecule has 1 aromatic carbocycles. The second-order valence-corrected chi connectivity index (χ2v) is 7.74. The van der Waals surface area contributed by atoms with Gasteiger partial charge in [0.25, 0.3) is 0 Å². The Hall–Kier alpha value is -0.740. The third-order valence-corrected chi connectivity index (χ3v) is 5.26. The number of hydrogen-bond acceptors (Lipinski definition) is 2. The first-order valence-electron chi connectivity index (χ1n) is 6.54. The summed E-state index contributed by atoms with van der Waals surface area (Å²) in [4.78, 5) is 5.82. The van der Waals surface area contributed by atoms with E-state index in [-0.39, 0.29) is 11.4 Å². The number of nitrogens with zero attached hydrogens (tertiary/aromatic N) is 2. The van der Waals surface area contributed by atoms with E-state index in [1.165, 1.54) is 0 Å². The molecule has 0 amide bonds. The van der Waals surface area contributed by atoms with Crippen molar-refractivity contribution in [2.45, 2.75) is 25.3 Å². The van der Waals surface area contributed by atoms with Crippen molar-refractivity contribution in [2.75, 3.05) is 0 Å². The molecule has 0 radical (unpaired) electrons. The summed E-state index contributed by atoms with van der Waals surface area (Å²) < 4.78 is 2.92. The minimum Gasteiger partial charge on any atom is -0.319 e. The number of benzene rings is 1. The van der Waals surface area contributed by atoms with Crippen LogP contribution in [0.25, 0.3) is 11.0 Å². The first kappa shape index (κ1) is 15.2. The molecule has 0 saturated carbocycles. The van der Waals surface area contributed by atoms with E-state index in [1.54, 1.807) is 11.3 Å². The van der Waals surface area contributed by atoms with Crippen molar-refractivity contribution in [3.8, 4) is 0 Å². The van der Waals surface area contributed by atoms with Crippen molar-refractivity contribution >= 4 is 57.2 Å². The lowest BCUT2D eigenvalue weighted by molar-refractivity contribution is 0.628. The van der Waals surface area contributed by atoms with Crippen molar-refractivity contribution in [1.29, 1.82) is 0 Å². The number of fused-ring (bicyclic) bond motifs is 1. The molecule has 6 heteroatoms. The van der Waals surface area contributed by atoms with E-state index < -0.39 is 0 Å². The third kappa shape index (κ3) is 2.80. The van der Waals surface area contributed by atoms with E-state index in [9.17, 15) is 0 Å². The molecule has 2 unspecified atom stereocenters. The molecule has 2 aromatic heterocycles. The summed E-state index contributed by atoms with van der Waals surface area (Å²) in [6.07, 6.45) is 0. The molecule has 0 aliphatic carbocycles. The van der Waals surface area contributed by atoms with Crippen molar-refractivity contribution < 1.29 is 0 Å². The highest BCUT2D eigenvalue weighted by Crippen LogP contribution is 2.35. The van der Waals surface area contributed by atoms with Gasteiger partial charge in [0.15, 0.2) is 0 Å². The monoisotopic (exact) mass is 358 g/mol. The molecule has 0 bridgehead atoms. The molecule has 0 saturated heterocycles. The molecule has 2 atom stereocenters. The van der Waals surface area contributed by atoms with Gasteiger partial charge in [-0.1, -0.05) is 23.2 Å². The van der Waals surface area contributed by atoms with Gasteiger partial charge in [0, 0.05) is 9.90 Å². The van der Waals surface area contributed by atoms with E-state index >= 15 is 0 Å². The highest BCUT2D eigenvalue weighted by Gasteiger charge is 2.21. The molecule has 2 nitrogen and oxygen atoms in total. The van der Waals surface area contributed by atoms with E-state index in [4.69, 9.17) is 34.8 Å². The van der Waals surface area contributed by atoms with Gasteiger partial charge in [0.1, 0.15) is 5.82 Å². The molecule has 3 aromatic rings. The Bertz CT molecular complexity index is 791. The van der Waals surface area contributed by atoms with Crippen LogP contribution in [0.15, 0.2) is 30.3 Å². The Morgan fingerprint density at radius 1 is 1.14 bits per heavy atom. The van der Waals surface area contributed by atoms with Crippen LogP contribution >= 0.6 is 46.1 Å². The van der Waals surface area contributed by atoms with E-state index in [0.29, 0.717) is 5.02 Å². The molecule has 0 spiro atoms. The van der Waals surface area contributed by atoms with Crippen LogP contribution in [-0.2, 0) is 0 Å². The standard InChI is InChI=1S/C15H13Cl3N2S/c1-8(16)15-19-11-4-3-10(17)7-12(11)20(15)9(2)13-5-6-14(18)21-13/h3-9H,1-2H3. The van der Waals surface area contributed by atoms with Gasteiger partial charge in [-0.05, 0) is 44.2 Å². The van der Waals surface area contributed by atoms with Gasteiger partial charge in [0.2, 0.25) is 0 Å². The summed E-state index contributed by atoms with van der Waals surface area (Å²) in [5.74, 6) is 0.839. The van der Waals surface area contributed by atoms with Gasteiger partial charge in [0.05, 0.1) is 26.8 Å². The quantitative estimate of drug-likeness (QED) is 0.501. The lowest BCUT2D eigenvalue weighted by Gasteiger charge is -2.17. The van der Waals surface area contributed by atoms with E-state index in [0.717, 1.165) is 26.1 Å². The zero-order valence-electron chi connectivity index (χ0n) is 11.5. The lowest BCUT2D eigenvalue weighted by Crippen LogP contribution is -2.10. The fourth-order valence-corrected chi connectivity index (χ4v) is 3.88. The fourth-order valence-electron chi connectivity index (χ4n) is 2.45. The van der Waals surface area contributed by atoms with Gasteiger partial charge in [-0.15, -0.1) is 22.9 Å². The number of halogens is 3. The first-order valence-corrected chi connectivity index (χ1v) is 8.55. The fraction of sp³-hybridized carbons (Fsp3) is 0.267. The zero-order chi connectivity index (χ0) is 15.1. The summed E-state index contributed by atoms with van der Waals surface area (Å²) in [5.41, 5.74) is 1.89. The number of thiophene rings is 1. The van der Waals surface area contributed by atoms with Crippen LogP contribution in [-0.4, -0.2) is 9.55 Å². The maximum atomic E-state index is 6.32. The van der Waals surface area contributed by atoms with Crippen molar-refractivity contribution in [3.05, 3.63) is 50.4 Å². The summed E-state index contributed by atoms with van der Waals surface area (Å²) >= 11 is 20.1. The number of rotatable bonds is 3. The Kier molecular flexibility index (Phi) is 4.19. The van der Waals surface area contributed by atoms with Gasteiger partial charge in [-0.25, -0.2) is 4.98 Å². The summed E-state index contributed by atoms with van der Waals surface area (Å²) in [5, 5.41) is 0.503. The first-order chi connectivity index (χ1) is 9.97. The molecular formula is C15H13Cl3N2S. The Balaban J connectivity index is 2.23. The van der Waals surface area contributed by atoms with Crippen molar-refractivity contribution in [1.82, 2.24) is 9.55 Å². The molecule has 110 valence electrons. The highest BCUT2D eigenvalue weighted by atomic mass is 35.5. The van der Waals surface area contributed by atoms with E-state index in [1.807, 2.05) is 37.3 Å². The number of imidazole rings is 1. The van der Waals surface area contributed by atoms with Gasteiger partial charge < -0.3 is 4.57 Å². The molecule has 3 rings (SSSR count). The smallest absolute Gasteiger partial charge is 0.128 e. The normalized spacial score (nSPS) is 14.5. The maximum Gasteiger partial charge on any atom is 0.128 e. The van der Waals surface area contributed by atoms with Gasteiger partial charge in [-0.2, -0.15) is 0 Å². The SMILES string of the molecule is CC(Cl)c1nc2ccc(Cl)cc2n1C(C)c1ccc(Cl)s1. The summed E-state index contributed by atoms with van der Waals surface area (Å²) in [7, 11) is 0. The van der Waals surface area contributed by atoms with Crippen LogP contribution in [0.4, 0.5) is 0 Å². The van der Waals surface area contributed by atoms with Crippen LogP contribution in [0.2, 0.25) is 9.36 Å². The van der Waals surface area contributed by atoms with Crippen molar-refractivity contribution in [3.63, 3.8) is 0 Å². The highest BCUT2D eigenvalue weighted by molar-refractivity contribution is 7.16. The van der Waals surface area contributed by atoms with Gasteiger partial charge >= 0.3 is 0 Å². The topological polar surface area (TPSA) is 17.8 Å². The average molecular weight is 360 g/mol. The molecule has 21 heavy (non-hydrogen) atoms. The summed E-state index contributed by atoms with van der Waals surface area (Å²) in [6.45, 7) is 4.04. The predicted molar refractivity (Wildman–Crippen MR) is 92.2 cm³/mol. The largest absolute Gasteiger partial charge is 0.319 e. The Morgan fingerprint density at radius 3 is 2.52 bits per heavy atom. The maximum absolute atomic E-state index is 6.32. The number of alkyl halides is 1. The number of aromatic nitrogens is 2. The summed E-state index contributed by atoms with van der Waals surface area (Å²) in [6, 6.07) is 9.74. The minimum absolute atomic E-state index is 0.0992. The predicted octanol–water partition coefficient (Wildman–Crippen LogP) is 6.31. The van der Waals surface area contributed by atoms with Crippen molar-refractivity contribution in [2.24, 2.45) is 0 Å². The molecule has 0 aliphatic rings. The number of hydrogen-bond donors (Lipinski definition) is 0. The van der Waals surface area contributed by atoms with Crippen LogP contribution in [0.5, 0.6) is 0 Å². The second-order valence-electron chi connectivity index (χ2n) is 4.91. The van der Waals surface area contributed by atoms with Crippen LogP contribution in [0, 0.1) is 0 Å². The Labute approximate surface area is 142 Å². The van der Waals surface area contributed by atoms with Crippen LogP contribution in [0.1, 0.15) is 36.0 Å². The molecule has 2 heterocycles. The zero-order valence-corrected chi connectivity index (χ0v) is 14.6. The van der Waals surface area contributed by atoms with E-state index in [2.05, 4.69) is 16.5 Å². The molecule has 0 N–H and O–H groups in total. The van der Waals surface area contributed by atoms with Crippen LogP contribution in [0.3, 0.4) is 0 Å². The minimum atomic E-state index is -0.186.